The van der Waals surface area contributed by atoms with E-state index in [9.17, 15) is 45.5 Å². The number of fused-ring (bicyclic) bond motifs is 1. The Labute approximate surface area is 449 Å². The van der Waals surface area contributed by atoms with Crippen LogP contribution in [0.5, 0.6) is 5.75 Å². The van der Waals surface area contributed by atoms with Crippen LogP contribution in [0.1, 0.15) is 49.3 Å². The molecule has 3 heterocycles. The molecular formula is C49H72F4N4O18S2. The number of carbonyl (C=O) groups excluding carboxylic acids is 3. The number of aliphatic imine (C=N–C) groups is 1. The van der Waals surface area contributed by atoms with Gasteiger partial charge in [-0.05, 0) is 43.7 Å². The van der Waals surface area contributed by atoms with Gasteiger partial charge in [-0.15, -0.1) is 11.3 Å². The number of thiophene rings is 1. The number of hydrogen-bond donors (Lipinski definition) is 4. The van der Waals surface area contributed by atoms with E-state index in [1.165, 1.54) is 0 Å². The van der Waals surface area contributed by atoms with Gasteiger partial charge < -0.3 is 73.2 Å². The molecule has 436 valence electrons. The second-order valence-corrected chi connectivity index (χ2v) is 20.2. The highest BCUT2D eigenvalue weighted by atomic mass is 32.2. The Kier molecular flexibility index (Phi) is 30.6. The molecule has 0 saturated carbocycles. The molecule has 1 saturated heterocycles. The van der Waals surface area contributed by atoms with E-state index in [1.54, 1.807) is 18.3 Å². The monoisotopic (exact) mass is 1140 g/mol. The third-order valence-corrected chi connectivity index (χ3v) is 13.1. The van der Waals surface area contributed by atoms with Crippen molar-refractivity contribution in [3.63, 3.8) is 0 Å². The van der Waals surface area contributed by atoms with Crippen molar-refractivity contribution in [3.8, 4) is 5.75 Å². The molecule has 28 heteroatoms. The van der Waals surface area contributed by atoms with Gasteiger partial charge in [0.15, 0.2) is 16.5 Å². The minimum atomic E-state index is -5.65. The highest BCUT2D eigenvalue weighted by Gasteiger charge is 2.34. The quantitative estimate of drug-likeness (QED) is 0.0185. The molecule has 1 fully saturated rings. The molecule has 5 N–H and O–H groups in total. The van der Waals surface area contributed by atoms with Crippen molar-refractivity contribution >= 4 is 56.8 Å². The van der Waals surface area contributed by atoms with E-state index in [2.05, 4.69) is 15.0 Å². The summed E-state index contributed by atoms with van der Waals surface area (Å²) in [6.45, 7) is 11.6. The lowest BCUT2D eigenvalue weighted by Gasteiger charge is -2.39. The van der Waals surface area contributed by atoms with Crippen LogP contribution in [0.15, 0.2) is 21.5 Å². The molecule has 2 aliphatic rings. The van der Waals surface area contributed by atoms with Crippen LogP contribution in [0.2, 0.25) is 0 Å². The van der Waals surface area contributed by atoms with Crippen molar-refractivity contribution in [3.05, 3.63) is 44.7 Å². The van der Waals surface area contributed by atoms with Crippen LogP contribution in [-0.4, -0.2) is 204 Å². The number of benzene rings is 1. The van der Waals surface area contributed by atoms with Gasteiger partial charge in [-0.1, -0.05) is 6.92 Å². The normalized spacial score (nSPS) is 14.6. The topological polar surface area (TPSA) is 281 Å². The van der Waals surface area contributed by atoms with E-state index in [4.69, 9.17) is 57.7 Å². The maximum absolute atomic E-state index is 14.0. The summed E-state index contributed by atoms with van der Waals surface area (Å²) in [5.74, 6) is -11.9. The molecule has 0 radical (unpaired) electrons. The third-order valence-electron chi connectivity index (χ3n) is 11.1. The molecule has 2 amide bonds. The zero-order valence-corrected chi connectivity index (χ0v) is 45.0. The van der Waals surface area contributed by atoms with Gasteiger partial charge in [0.2, 0.25) is 29.2 Å². The number of rotatable bonds is 42. The standard InChI is InChI=1S/C49H72F4N4O18S2/c1-33(25-34(2)58)30-55-49(61)36-27-39-38(56-40(54)28-36)29-37(76-39)26-35-31-57(32-35)41(59)3-5-65-7-9-67-11-13-69-15-17-71-19-21-73-23-24-74-22-20-72-18-16-70-14-12-68-10-8-66-6-4-42(60)75-47-43(50)45(52)48(77(62,63)64)46(53)44(47)51/h27,29,33-35,58H,3-26,28,30-32H2,1-2H3,(H2,54,56)(H,55,61)(H,62,63,64). The van der Waals surface area contributed by atoms with Gasteiger partial charge in [0.25, 0.3) is 0 Å². The number of halogens is 4. The van der Waals surface area contributed by atoms with Crippen molar-refractivity contribution in [2.75, 3.05) is 152 Å². The number of likely N-dealkylation sites (tertiary alicyclic amines) is 1. The van der Waals surface area contributed by atoms with Gasteiger partial charge in [-0.3, -0.25) is 18.9 Å². The van der Waals surface area contributed by atoms with Crippen LogP contribution in [0.25, 0.3) is 6.08 Å². The summed E-state index contributed by atoms with van der Waals surface area (Å²) in [4.78, 5) is 43.6. The summed E-state index contributed by atoms with van der Waals surface area (Å²) in [6, 6.07) is 2.02. The van der Waals surface area contributed by atoms with Gasteiger partial charge in [0, 0.05) is 36.5 Å². The van der Waals surface area contributed by atoms with Crippen LogP contribution in [0.3, 0.4) is 0 Å². The number of amides is 2. The Morgan fingerprint density at radius 2 is 1.14 bits per heavy atom. The molecule has 2 aromatic rings. The number of esters is 1. The van der Waals surface area contributed by atoms with Crippen LogP contribution in [0.4, 0.5) is 23.2 Å². The summed E-state index contributed by atoms with van der Waals surface area (Å²) < 4.78 is 145. The minimum absolute atomic E-state index is 0.0182. The van der Waals surface area contributed by atoms with E-state index >= 15 is 0 Å². The van der Waals surface area contributed by atoms with Gasteiger partial charge >= 0.3 is 16.1 Å². The molecule has 0 bridgehead atoms. The lowest BCUT2D eigenvalue weighted by molar-refractivity contribution is -0.139. The zero-order valence-electron chi connectivity index (χ0n) is 43.4. The Hall–Kier alpha value is -4.27. The van der Waals surface area contributed by atoms with E-state index in [0.717, 1.165) is 21.9 Å². The number of nitrogens with two attached hydrogens (primary N) is 1. The van der Waals surface area contributed by atoms with Crippen molar-refractivity contribution in [1.29, 1.82) is 0 Å². The maximum Gasteiger partial charge on any atom is 0.313 e. The first-order valence-electron chi connectivity index (χ1n) is 25.2. The van der Waals surface area contributed by atoms with Gasteiger partial charge in [-0.2, -0.15) is 17.2 Å². The summed E-state index contributed by atoms with van der Waals surface area (Å²) in [7, 11) is -5.65. The highest BCUT2D eigenvalue weighted by molar-refractivity contribution is 7.85. The molecule has 0 spiro atoms. The Morgan fingerprint density at radius 3 is 1.57 bits per heavy atom. The molecule has 0 aliphatic carbocycles. The van der Waals surface area contributed by atoms with Crippen LogP contribution in [0, 0.1) is 35.1 Å². The molecule has 77 heavy (non-hydrogen) atoms. The van der Waals surface area contributed by atoms with Crippen LogP contribution < -0.4 is 15.8 Å². The Bertz CT molecular complexity index is 2280. The van der Waals surface area contributed by atoms with Gasteiger partial charge in [-0.25, -0.2) is 13.8 Å². The van der Waals surface area contributed by atoms with Crippen molar-refractivity contribution in [2.24, 2.45) is 22.6 Å². The fraction of sp³-hybridized carbons (Fsp3) is 0.673. The van der Waals surface area contributed by atoms with Crippen molar-refractivity contribution in [1.82, 2.24) is 10.2 Å². The number of ether oxygens (including phenoxy) is 11. The molecule has 1 aromatic heterocycles. The van der Waals surface area contributed by atoms with Crippen molar-refractivity contribution in [2.45, 2.75) is 57.0 Å². The molecule has 22 nitrogen and oxygen atoms in total. The summed E-state index contributed by atoms with van der Waals surface area (Å²) in [5, 5.41) is 12.6. The van der Waals surface area contributed by atoms with E-state index < -0.39 is 62.5 Å². The maximum atomic E-state index is 14.0. The lowest BCUT2D eigenvalue weighted by Crippen LogP contribution is -2.50. The fourth-order valence-electron chi connectivity index (χ4n) is 7.34. The second-order valence-electron chi connectivity index (χ2n) is 17.7. The largest absolute Gasteiger partial charge is 0.420 e. The zero-order chi connectivity index (χ0) is 56.0. The lowest BCUT2D eigenvalue weighted by atomic mass is 9.95. The average Bonchev–Trinajstić information content (AvgIpc) is 3.67. The van der Waals surface area contributed by atoms with E-state index in [-0.39, 0.29) is 57.2 Å². The number of nitrogens with one attached hydrogen (secondary N) is 1. The van der Waals surface area contributed by atoms with E-state index in [0.29, 0.717) is 149 Å². The van der Waals surface area contributed by atoms with Gasteiger partial charge in [0.1, 0.15) is 5.84 Å². The number of aliphatic hydroxyl groups excluding tert-OH is 1. The SMILES string of the molecule is CC(O)CC(C)CNC(=O)C1=Cc2sc(CC3CN(C(=O)CCOCCOCCOCCOCCOCCOCCOCCOCCOCCOCCC(=O)Oc4c(F)c(F)c(S(=O)(=O)O)c(F)c4F)C3)cc2N=C(N)C1. The Balaban J connectivity index is 0.833. The molecule has 2 aliphatic heterocycles. The van der Waals surface area contributed by atoms with Crippen LogP contribution >= 0.6 is 11.3 Å². The smallest absolute Gasteiger partial charge is 0.313 e. The first-order valence-corrected chi connectivity index (χ1v) is 27.4. The average molecular weight is 1150 g/mol. The Morgan fingerprint density at radius 1 is 0.714 bits per heavy atom. The molecule has 4 rings (SSSR count). The molecule has 2 atom stereocenters. The predicted octanol–water partition coefficient (Wildman–Crippen LogP) is 3.40. The number of aliphatic hydroxyl groups is 1. The summed E-state index contributed by atoms with van der Waals surface area (Å²) in [5.41, 5.74) is 7.48. The van der Waals surface area contributed by atoms with Gasteiger partial charge in [0.05, 0.1) is 162 Å². The molecular weight excluding hydrogens is 1070 g/mol. The third kappa shape index (κ3) is 25.2. The second kappa shape index (κ2) is 36.1. The minimum Gasteiger partial charge on any atom is -0.420 e. The van der Waals surface area contributed by atoms with E-state index in [1.807, 2.05) is 24.0 Å². The predicted molar refractivity (Wildman–Crippen MR) is 270 cm³/mol. The number of carbonyl (C=O) groups is 3. The number of hydrogen-bond acceptors (Lipinski definition) is 20. The first-order chi connectivity index (χ1) is 36.9. The number of nitrogens with zero attached hydrogens (tertiary/aromatic N) is 2. The molecule has 1 aromatic carbocycles. The fourth-order valence-corrected chi connectivity index (χ4v) is 9.16. The number of amidine groups is 1. The summed E-state index contributed by atoms with van der Waals surface area (Å²) >= 11 is 1.59. The van der Waals surface area contributed by atoms with Crippen LogP contribution in [-0.2, 0) is 78.3 Å². The molecule has 2 unspecified atom stereocenters. The summed E-state index contributed by atoms with van der Waals surface area (Å²) in [6.07, 6.45) is 2.84. The van der Waals surface area contributed by atoms with Crippen molar-refractivity contribution < 1.29 is 102 Å². The highest BCUT2D eigenvalue weighted by Crippen LogP contribution is 2.37. The first kappa shape index (κ1) is 65.2.